The van der Waals surface area contributed by atoms with Gasteiger partial charge in [-0.15, -0.1) is 11.3 Å². The summed E-state index contributed by atoms with van der Waals surface area (Å²) in [6, 6.07) is 3.84. The lowest BCUT2D eigenvalue weighted by Crippen LogP contribution is -2.48. The fourth-order valence-corrected chi connectivity index (χ4v) is 3.51. The lowest BCUT2D eigenvalue weighted by atomic mass is 9.74. The summed E-state index contributed by atoms with van der Waals surface area (Å²) in [5, 5.41) is 10.7. The number of halogens is 1. The summed E-state index contributed by atoms with van der Waals surface area (Å²) in [6.45, 7) is 3.54. The average molecular weight is 304 g/mol. The van der Waals surface area contributed by atoms with Crippen LogP contribution in [0.2, 0.25) is 0 Å². The van der Waals surface area contributed by atoms with Gasteiger partial charge in [0.2, 0.25) is 0 Å². The van der Waals surface area contributed by atoms with Crippen molar-refractivity contribution < 1.29 is 13.9 Å². The normalized spacial score (nSPS) is 27.0. The largest absolute Gasteiger partial charge is 0.441 e. The molecule has 3 rings (SSSR count). The topological polar surface area (TPSA) is 62.4 Å². The highest BCUT2D eigenvalue weighted by Crippen LogP contribution is 2.41. The van der Waals surface area contributed by atoms with Crippen molar-refractivity contribution in [3.8, 4) is 6.07 Å². The quantitative estimate of drug-likeness (QED) is 0.794. The zero-order valence-electron chi connectivity index (χ0n) is 11.6. The number of hydrogen-bond donors (Lipinski definition) is 0. The predicted octanol–water partition coefficient (Wildman–Crippen LogP) is 3.73. The molecule has 0 saturated heterocycles. The maximum Gasteiger partial charge on any atom is 0.434 e. The van der Waals surface area contributed by atoms with Crippen molar-refractivity contribution in [1.82, 2.24) is 0 Å². The number of alkyl halides is 1. The van der Waals surface area contributed by atoms with Crippen molar-refractivity contribution in [3.05, 3.63) is 28.0 Å². The van der Waals surface area contributed by atoms with Gasteiger partial charge in [-0.3, -0.25) is 0 Å². The molecule has 0 saturated carbocycles. The number of cyclic esters (lactones) is 1. The molecule has 1 aromatic rings. The molecule has 4 nitrogen and oxygen atoms in total. The molecular weight excluding hydrogens is 291 g/mol. The molecule has 21 heavy (non-hydrogen) atoms. The third-order valence-corrected chi connectivity index (χ3v) is 4.74. The summed E-state index contributed by atoms with van der Waals surface area (Å²) in [4.78, 5) is 15.8. The smallest absolute Gasteiger partial charge is 0.434 e. The van der Waals surface area contributed by atoms with Crippen LogP contribution in [-0.2, 0) is 4.74 Å². The standard InChI is InChI=1S/C15H13FN2O2S/c1-15(2)11-4-8(9-3-10(6-17)21-7-9)5-12(16)13(11)18-14(19)20-15/h3,5,7,11-12H,4H2,1-2H3. The Morgan fingerprint density at radius 3 is 3.00 bits per heavy atom. The first-order valence-corrected chi connectivity index (χ1v) is 7.44. The summed E-state index contributed by atoms with van der Waals surface area (Å²) < 4.78 is 19.6. The number of ether oxygens (including phenoxy) is 1. The van der Waals surface area contributed by atoms with Crippen molar-refractivity contribution >= 4 is 28.7 Å². The SMILES string of the molecule is CC1(C)OC(=O)N=C2C(F)C=C(c3csc(C#N)c3)CC21. The van der Waals surface area contributed by atoms with E-state index in [1.54, 1.807) is 19.9 Å². The van der Waals surface area contributed by atoms with E-state index >= 15 is 0 Å². The predicted molar refractivity (Wildman–Crippen MR) is 78.0 cm³/mol. The van der Waals surface area contributed by atoms with Gasteiger partial charge in [0.25, 0.3) is 0 Å². The van der Waals surface area contributed by atoms with Crippen molar-refractivity contribution in [3.63, 3.8) is 0 Å². The van der Waals surface area contributed by atoms with Crippen LogP contribution in [-0.4, -0.2) is 23.6 Å². The molecule has 2 unspecified atom stereocenters. The Hall–Kier alpha value is -2.00. The molecule has 108 valence electrons. The molecule has 2 heterocycles. The lowest BCUT2D eigenvalue weighted by Gasteiger charge is -2.40. The Labute approximate surface area is 125 Å². The van der Waals surface area contributed by atoms with E-state index in [0.717, 1.165) is 11.1 Å². The van der Waals surface area contributed by atoms with E-state index < -0.39 is 17.9 Å². The minimum atomic E-state index is -1.39. The number of nitrogens with zero attached hydrogens (tertiary/aromatic N) is 2. The Morgan fingerprint density at radius 1 is 1.57 bits per heavy atom. The molecule has 0 bridgehead atoms. The maximum absolute atomic E-state index is 14.4. The number of carbonyl (C=O) groups is 1. The van der Waals surface area contributed by atoms with E-state index in [9.17, 15) is 9.18 Å². The fraction of sp³-hybridized carbons (Fsp3) is 0.400. The number of hydrogen-bond acceptors (Lipinski definition) is 4. The number of aliphatic imine (C=N–C) groups is 1. The molecule has 0 radical (unpaired) electrons. The van der Waals surface area contributed by atoms with Crippen LogP contribution < -0.4 is 0 Å². The van der Waals surface area contributed by atoms with Gasteiger partial charge >= 0.3 is 6.09 Å². The van der Waals surface area contributed by atoms with Crippen molar-refractivity contribution in [2.24, 2.45) is 10.9 Å². The number of thiophene rings is 1. The minimum absolute atomic E-state index is 0.246. The summed E-state index contributed by atoms with van der Waals surface area (Å²) in [5.41, 5.74) is 1.14. The Morgan fingerprint density at radius 2 is 2.33 bits per heavy atom. The fourth-order valence-electron chi connectivity index (χ4n) is 2.79. The molecule has 2 aliphatic rings. The van der Waals surface area contributed by atoms with Gasteiger partial charge in [0, 0.05) is 5.92 Å². The second-order valence-corrected chi connectivity index (χ2v) is 6.58. The molecule has 1 amide bonds. The zero-order valence-corrected chi connectivity index (χ0v) is 12.4. The van der Waals surface area contributed by atoms with Gasteiger partial charge in [-0.25, -0.2) is 9.18 Å². The Kier molecular flexibility index (Phi) is 3.18. The van der Waals surface area contributed by atoms with E-state index in [-0.39, 0.29) is 11.6 Å². The summed E-state index contributed by atoms with van der Waals surface area (Å²) >= 11 is 1.33. The monoisotopic (exact) mass is 304 g/mol. The van der Waals surface area contributed by atoms with Gasteiger partial charge < -0.3 is 4.74 Å². The average Bonchev–Trinajstić information content (AvgIpc) is 2.87. The highest BCUT2D eigenvalue weighted by atomic mass is 32.1. The van der Waals surface area contributed by atoms with Gasteiger partial charge in [-0.05, 0) is 48.9 Å². The number of rotatable bonds is 1. The first-order valence-electron chi connectivity index (χ1n) is 6.56. The van der Waals surface area contributed by atoms with Gasteiger partial charge in [0.05, 0.1) is 5.71 Å². The van der Waals surface area contributed by atoms with Crippen LogP contribution in [0.15, 0.2) is 22.5 Å². The van der Waals surface area contributed by atoms with Crippen LogP contribution in [0.4, 0.5) is 9.18 Å². The zero-order chi connectivity index (χ0) is 15.2. The van der Waals surface area contributed by atoms with E-state index in [1.165, 1.54) is 17.4 Å². The number of amides is 1. The first kappa shape index (κ1) is 14.0. The minimum Gasteiger partial charge on any atom is -0.441 e. The molecule has 0 spiro atoms. The lowest BCUT2D eigenvalue weighted by molar-refractivity contribution is 0.0116. The number of carbonyl (C=O) groups excluding carboxylic acids is 1. The van der Waals surface area contributed by atoms with Crippen molar-refractivity contribution in [2.75, 3.05) is 0 Å². The van der Waals surface area contributed by atoms with Crippen molar-refractivity contribution in [2.45, 2.75) is 32.0 Å². The molecule has 0 fully saturated rings. The van der Waals surface area contributed by atoms with Crippen LogP contribution in [0.1, 0.15) is 30.7 Å². The highest BCUT2D eigenvalue weighted by molar-refractivity contribution is 7.10. The number of allylic oxidation sites excluding steroid dienone is 2. The van der Waals surface area contributed by atoms with E-state index in [0.29, 0.717) is 11.3 Å². The molecular formula is C15H13FN2O2S. The van der Waals surface area contributed by atoms with E-state index in [4.69, 9.17) is 10.00 Å². The second kappa shape index (κ2) is 4.78. The summed E-state index contributed by atoms with van der Waals surface area (Å²) in [6.07, 6.45) is -0.0988. The van der Waals surface area contributed by atoms with Crippen LogP contribution in [0.3, 0.4) is 0 Å². The highest BCUT2D eigenvalue weighted by Gasteiger charge is 2.45. The molecule has 6 heteroatoms. The van der Waals surface area contributed by atoms with E-state index in [2.05, 4.69) is 11.1 Å². The molecule has 1 aromatic heterocycles. The number of nitriles is 1. The summed E-state index contributed by atoms with van der Waals surface area (Å²) in [5.74, 6) is -0.282. The first-order chi connectivity index (χ1) is 9.90. The Bertz CT molecular complexity index is 712. The third kappa shape index (κ3) is 2.38. The van der Waals surface area contributed by atoms with Crippen molar-refractivity contribution in [1.29, 1.82) is 5.26 Å². The van der Waals surface area contributed by atoms with Crippen LogP contribution in [0, 0.1) is 17.2 Å². The summed E-state index contributed by atoms with van der Waals surface area (Å²) in [7, 11) is 0. The van der Waals surface area contributed by atoms with Gasteiger partial charge in [-0.1, -0.05) is 0 Å². The Balaban J connectivity index is 2.01. The third-order valence-electron chi connectivity index (χ3n) is 3.90. The van der Waals surface area contributed by atoms with Crippen LogP contribution in [0.25, 0.3) is 5.57 Å². The van der Waals surface area contributed by atoms with Crippen LogP contribution >= 0.6 is 11.3 Å². The molecule has 2 atom stereocenters. The second-order valence-electron chi connectivity index (χ2n) is 5.67. The van der Waals surface area contributed by atoms with Crippen LogP contribution in [0.5, 0.6) is 0 Å². The molecule has 0 aromatic carbocycles. The van der Waals surface area contributed by atoms with Gasteiger partial charge in [0.15, 0.2) is 6.17 Å². The molecule has 1 aliphatic heterocycles. The van der Waals surface area contributed by atoms with Gasteiger partial charge in [-0.2, -0.15) is 10.3 Å². The molecule has 0 N–H and O–H groups in total. The maximum atomic E-state index is 14.4. The molecule has 1 aliphatic carbocycles. The number of fused-ring (bicyclic) bond motifs is 1. The van der Waals surface area contributed by atoms with E-state index in [1.807, 2.05) is 5.38 Å². The van der Waals surface area contributed by atoms with Gasteiger partial charge in [0.1, 0.15) is 16.5 Å².